The maximum atomic E-state index is 12.5. The highest BCUT2D eigenvalue weighted by Crippen LogP contribution is 2.27. The fraction of sp³-hybridized carbons (Fsp3) is 0.217. The quantitative estimate of drug-likeness (QED) is 0.430. The molecule has 1 N–H and O–H groups in total. The number of nitrogens with zero attached hydrogens (tertiary/aromatic N) is 1. The zero-order valence-corrected chi connectivity index (χ0v) is 15.9. The van der Waals surface area contributed by atoms with Crippen LogP contribution in [0.1, 0.15) is 16.1 Å². The molecular formula is C23H21N2O4+. The minimum Gasteiger partial charge on any atom is -0.459 e. The number of fused-ring (bicyclic) bond motifs is 3. The zero-order valence-electron chi connectivity index (χ0n) is 15.9. The van der Waals surface area contributed by atoms with Gasteiger partial charge in [-0.05, 0) is 29.0 Å². The third-order valence-electron chi connectivity index (χ3n) is 5.64. The van der Waals surface area contributed by atoms with Crippen LogP contribution in [0.3, 0.4) is 0 Å². The van der Waals surface area contributed by atoms with Gasteiger partial charge in [-0.3, -0.25) is 4.79 Å². The summed E-state index contributed by atoms with van der Waals surface area (Å²) in [5.74, 6) is 0.317. The lowest BCUT2D eigenvalue weighted by Gasteiger charge is -2.32. The minimum absolute atomic E-state index is 0.0640. The second kappa shape index (κ2) is 7.22. The maximum absolute atomic E-state index is 12.5. The number of carbonyl (C=O) groups is 1. The molecule has 6 nitrogen and oxygen atoms in total. The van der Waals surface area contributed by atoms with Crippen LogP contribution in [0.5, 0.6) is 0 Å². The number of benzene rings is 2. The largest absolute Gasteiger partial charge is 0.459 e. The highest BCUT2D eigenvalue weighted by Gasteiger charge is 2.26. The van der Waals surface area contributed by atoms with Gasteiger partial charge in [0.2, 0.25) is 0 Å². The molecule has 1 aliphatic rings. The number of hydrogen-bond acceptors (Lipinski definition) is 4. The third kappa shape index (κ3) is 3.32. The first-order valence-corrected chi connectivity index (χ1v) is 9.80. The predicted molar refractivity (Wildman–Crippen MR) is 109 cm³/mol. The van der Waals surface area contributed by atoms with Gasteiger partial charge < -0.3 is 18.6 Å². The highest BCUT2D eigenvalue weighted by atomic mass is 16.4. The van der Waals surface area contributed by atoms with Gasteiger partial charge in [-0.1, -0.05) is 30.3 Å². The van der Waals surface area contributed by atoms with E-state index in [4.69, 9.17) is 8.83 Å². The summed E-state index contributed by atoms with van der Waals surface area (Å²) in [6, 6.07) is 17.0. The van der Waals surface area contributed by atoms with Crippen molar-refractivity contribution in [1.82, 2.24) is 4.90 Å². The molecule has 146 valence electrons. The Morgan fingerprint density at radius 1 is 1.03 bits per heavy atom. The molecule has 2 aromatic heterocycles. The van der Waals surface area contributed by atoms with E-state index in [0.717, 1.165) is 41.4 Å². The number of piperazine rings is 1. The number of hydrogen-bond donors (Lipinski definition) is 1. The molecule has 0 atom stereocenters. The monoisotopic (exact) mass is 389 g/mol. The standard InChI is InChI=1S/C23H20N2O4/c26-21-14-17(22-18-5-2-1-4-16(18)7-8-19(22)29-21)15-24-9-11-25(12-10-24)23(27)20-6-3-13-28-20/h1-8,13-14H,9-12,15H2/p+1. The lowest BCUT2D eigenvalue weighted by Crippen LogP contribution is -3.13. The van der Waals surface area contributed by atoms with E-state index in [1.807, 2.05) is 29.2 Å². The Morgan fingerprint density at radius 2 is 1.86 bits per heavy atom. The summed E-state index contributed by atoms with van der Waals surface area (Å²) in [5.41, 5.74) is 1.29. The first-order chi connectivity index (χ1) is 14.2. The average molecular weight is 389 g/mol. The van der Waals surface area contributed by atoms with Crippen LogP contribution in [0.4, 0.5) is 0 Å². The van der Waals surface area contributed by atoms with Gasteiger partial charge in [0.25, 0.3) is 5.91 Å². The topological polar surface area (TPSA) is 68.1 Å². The Kier molecular flexibility index (Phi) is 4.41. The first-order valence-electron chi connectivity index (χ1n) is 9.80. The van der Waals surface area contributed by atoms with Gasteiger partial charge in [-0.15, -0.1) is 0 Å². The molecule has 0 unspecified atom stereocenters. The second-order valence-corrected chi connectivity index (χ2v) is 7.45. The van der Waals surface area contributed by atoms with Crippen molar-refractivity contribution in [2.45, 2.75) is 6.54 Å². The fourth-order valence-electron chi connectivity index (χ4n) is 4.19. The summed E-state index contributed by atoms with van der Waals surface area (Å²) in [7, 11) is 0. The number of furan rings is 1. The van der Waals surface area contributed by atoms with Gasteiger partial charge in [-0.25, -0.2) is 4.79 Å². The van der Waals surface area contributed by atoms with Crippen molar-refractivity contribution in [3.05, 3.63) is 82.6 Å². The SMILES string of the molecule is O=C(c1ccco1)N1CC[NH+](Cc2cc(=O)oc3ccc4ccccc4c23)CC1. The fourth-order valence-corrected chi connectivity index (χ4v) is 4.19. The van der Waals surface area contributed by atoms with Gasteiger partial charge in [0.1, 0.15) is 12.1 Å². The third-order valence-corrected chi connectivity index (χ3v) is 5.64. The zero-order chi connectivity index (χ0) is 19.8. The smallest absolute Gasteiger partial charge is 0.336 e. The van der Waals surface area contributed by atoms with Crippen molar-refractivity contribution in [3.8, 4) is 0 Å². The van der Waals surface area contributed by atoms with E-state index in [1.165, 1.54) is 11.2 Å². The van der Waals surface area contributed by atoms with Gasteiger partial charge in [-0.2, -0.15) is 0 Å². The molecule has 5 rings (SSSR count). The van der Waals surface area contributed by atoms with E-state index in [9.17, 15) is 9.59 Å². The summed E-state index contributed by atoms with van der Waals surface area (Å²) in [4.78, 5) is 27.7. The van der Waals surface area contributed by atoms with Crippen molar-refractivity contribution >= 4 is 27.6 Å². The molecule has 0 saturated carbocycles. The molecule has 1 aliphatic heterocycles. The number of nitrogens with one attached hydrogen (secondary N) is 1. The molecule has 4 aromatic rings. The normalized spacial score (nSPS) is 15.2. The van der Waals surface area contributed by atoms with Crippen LogP contribution < -0.4 is 10.5 Å². The van der Waals surface area contributed by atoms with Gasteiger partial charge in [0.15, 0.2) is 5.76 Å². The Labute approximate surface area is 166 Å². The van der Waals surface area contributed by atoms with Crippen molar-refractivity contribution in [1.29, 1.82) is 0 Å². The maximum Gasteiger partial charge on any atom is 0.336 e. The molecule has 0 bridgehead atoms. The number of amides is 1. The van der Waals surface area contributed by atoms with Crippen LogP contribution in [-0.2, 0) is 6.54 Å². The van der Waals surface area contributed by atoms with Gasteiger partial charge in [0, 0.05) is 17.0 Å². The Hall–Kier alpha value is -3.38. The van der Waals surface area contributed by atoms with Gasteiger partial charge >= 0.3 is 5.63 Å². The summed E-state index contributed by atoms with van der Waals surface area (Å²) in [6.45, 7) is 3.68. The van der Waals surface area contributed by atoms with Crippen molar-refractivity contribution < 1.29 is 18.5 Å². The molecule has 1 fully saturated rings. The van der Waals surface area contributed by atoms with Gasteiger partial charge in [0.05, 0.1) is 32.4 Å². The molecule has 1 amide bonds. The van der Waals surface area contributed by atoms with E-state index in [2.05, 4.69) is 12.1 Å². The summed E-state index contributed by atoms with van der Waals surface area (Å²) < 4.78 is 10.7. The first kappa shape index (κ1) is 17.7. The second-order valence-electron chi connectivity index (χ2n) is 7.45. The van der Waals surface area contributed by atoms with E-state index in [-0.39, 0.29) is 11.5 Å². The number of carbonyl (C=O) groups excluding carboxylic acids is 1. The molecule has 6 heteroatoms. The number of quaternary nitrogens is 1. The Bertz CT molecular complexity index is 1230. The van der Waals surface area contributed by atoms with E-state index >= 15 is 0 Å². The van der Waals surface area contributed by atoms with E-state index < -0.39 is 0 Å². The highest BCUT2D eigenvalue weighted by molar-refractivity contribution is 6.06. The van der Waals surface area contributed by atoms with Crippen LogP contribution in [-0.4, -0.2) is 37.0 Å². The molecular weight excluding hydrogens is 368 g/mol. The lowest BCUT2D eigenvalue weighted by molar-refractivity contribution is -0.917. The van der Waals surface area contributed by atoms with Crippen molar-refractivity contribution in [3.63, 3.8) is 0 Å². The summed E-state index contributed by atoms with van der Waals surface area (Å²) in [5, 5.41) is 3.22. The summed E-state index contributed by atoms with van der Waals surface area (Å²) >= 11 is 0. The molecule has 2 aromatic carbocycles. The lowest BCUT2D eigenvalue weighted by atomic mass is 10.0. The molecule has 0 radical (unpaired) electrons. The average Bonchev–Trinajstić information content (AvgIpc) is 3.28. The summed E-state index contributed by atoms with van der Waals surface area (Å²) in [6.07, 6.45) is 1.52. The van der Waals surface area contributed by atoms with Crippen LogP contribution in [0.25, 0.3) is 21.7 Å². The molecule has 29 heavy (non-hydrogen) atoms. The number of rotatable bonds is 3. The van der Waals surface area contributed by atoms with Crippen LogP contribution >= 0.6 is 0 Å². The minimum atomic E-state index is -0.325. The van der Waals surface area contributed by atoms with Crippen molar-refractivity contribution in [2.24, 2.45) is 0 Å². The van der Waals surface area contributed by atoms with Crippen LogP contribution in [0.2, 0.25) is 0 Å². The predicted octanol–water partition coefficient (Wildman–Crippen LogP) is 2.08. The molecule has 0 spiro atoms. The van der Waals surface area contributed by atoms with Crippen LogP contribution in [0.15, 0.2) is 74.5 Å². The molecule has 3 heterocycles. The van der Waals surface area contributed by atoms with E-state index in [1.54, 1.807) is 18.2 Å². The van der Waals surface area contributed by atoms with Crippen LogP contribution in [0, 0.1) is 0 Å². The Balaban J connectivity index is 1.40. The Morgan fingerprint density at radius 3 is 2.66 bits per heavy atom. The molecule has 0 aliphatic carbocycles. The van der Waals surface area contributed by atoms with E-state index in [0.29, 0.717) is 24.4 Å². The van der Waals surface area contributed by atoms with Crippen molar-refractivity contribution in [2.75, 3.05) is 26.2 Å². The molecule has 1 saturated heterocycles.